The zero-order valence-corrected chi connectivity index (χ0v) is 28.6. The van der Waals surface area contributed by atoms with Gasteiger partial charge in [0.1, 0.15) is 6.61 Å². The van der Waals surface area contributed by atoms with Crippen molar-refractivity contribution in [1.82, 2.24) is 0 Å². The molecule has 0 unspecified atom stereocenters. The fourth-order valence-electron chi connectivity index (χ4n) is 5.34. The summed E-state index contributed by atoms with van der Waals surface area (Å²) < 4.78 is 22.0. The lowest BCUT2D eigenvalue weighted by Crippen LogP contribution is -2.14. The van der Waals surface area contributed by atoms with Gasteiger partial charge < -0.3 is 18.9 Å². The van der Waals surface area contributed by atoms with E-state index in [2.05, 4.69) is 13.8 Å². The predicted molar refractivity (Wildman–Crippen MR) is 179 cm³/mol. The van der Waals surface area contributed by atoms with Crippen molar-refractivity contribution in [2.75, 3.05) is 46.2 Å². The molecule has 0 fully saturated rings. The number of hydrogen-bond donors (Lipinski definition) is 0. The lowest BCUT2D eigenvalue weighted by Gasteiger charge is -2.08. The van der Waals surface area contributed by atoms with Gasteiger partial charge >= 0.3 is 5.97 Å². The number of carbonyl (C=O) groups excluding carboxylic acids is 1. The molecule has 0 atom stereocenters. The van der Waals surface area contributed by atoms with Gasteiger partial charge in [0.05, 0.1) is 33.0 Å². The van der Waals surface area contributed by atoms with Crippen LogP contribution in [0, 0.1) is 0 Å². The lowest BCUT2D eigenvalue weighted by molar-refractivity contribution is -0.145. The van der Waals surface area contributed by atoms with E-state index in [1.807, 2.05) is 0 Å². The smallest absolute Gasteiger partial charge is 0.305 e. The van der Waals surface area contributed by atoms with Gasteiger partial charge in [0.2, 0.25) is 0 Å². The Kier molecular flexibility index (Phi) is 37.8. The lowest BCUT2D eigenvalue weighted by atomic mass is 10.0. The van der Waals surface area contributed by atoms with E-state index in [1.165, 1.54) is 148 Å². The monoisotopic (exact) mass is 599 g/mol. The first kappa shape index (κ1) is 41.4. The van der Waals surface area contributed by atoms with E-state index < -0.39 is 0 Å². The second-order valence-corrected chi connectivity index (χ2v) is 12.3. The van der Waals surface area contributed by atoms with Crippen molar-refractivity contribution in [1.29, 1.82) is 0 Å². The Morgan fingerprint density at radius 1 is 0.333 bits per heavy atom. The summed E-state index contributed by atoms with van der Waals surface area (Å²) in [5.41, 5.74) is 0. The zero-order valence-electron chi connectivity index (χ0n) is 28.6. The molecule has 0 radical (unpaired) electrons. The fraction of sp³-hybridized carbons (Fsp3) is 0.973. The molecular formula is C37H74O5. The number of hydrogen-bond acceptors (Lipinski definition) is 5. The van der Waals surface area contributed by atoms with Crippen molar-refractivity contribution < 1.29 is 23.7 Å². The maximum absolute atomic E-state index is 11.8. The zero-order chi connectivity index (χ0) is 30.4. The van der Waals surface area contributed by atoms with Crippen molar-refractivity contribution in [2.24, 2.45) is 0 Å². The minimum Gasteiger partial charge on any atom is -0.463 e. The molecule has 0 aliphatic carbocycles. The maximum atomic E-state index is 11.8. The second kappa shape index (κ2) is 38.4. The third-order valence-corrected chi connectivity index (χ3v) is 8.11. The van der Waals surface area contributed by atoms with Crippen LogP contribution < -0.4 is 0 Å². The van der Waals surface area contributed by atoms with E-state index in [-0.39, 0.29) is 5.97 Å². The average molecular weight is 599 g/mol. The van der Waals surface area contributed by atoms with Crippen molar-refractivity contribution in [3.63, 3.8) is 0 Å². The van der Waals surface area contributed by atoms with Crippen LogP contribution in [0.15, 0.2) is 0 Å². The molecule has 0 rings (SSSR count). The molecule has 0 bridgehead atoms. The second-order valence-electron chi connectivity index (χ2n) is 12.3. The Labute approximate surface area is 262 Å². The largest absolute Gasteiger partial charge is 0.463 e. The Bertz CT molecular complexity index is 499. The third kappa shape index (κ3) is 37.4. The third-order valence-electron chi connectivity index (χ3n) is 8.11. The first-order valence-electron chi connectivity index (χ1n) is 18.7. The van der Waals surface area contributed by atoms with Crippen molar-refractivity contribution in [2.45, 2.75) is 187 Å². The Hall–Kier alpha value is -0.650. The highest BCUT2D eigenvalue weighted by Crippen LogP contribution is 2.14. The average Bonchev–Trinajstić information content (AvgIpc) is 3.00. The van der Waals surface area contributed by atoms with Gasteiger partial charge in [-0.3, -0.25) is 4.79 Å². The molecule has 0 aliphatic rings. The summed E-state index contributed by atoms with van der Waals surface area (Å²) in [6.07, 6.45) is 35.4. The standard InChI is InChI=1S/C37H74O5/c1-3-5-7-9-11-13-15-17-19-21-23-25-27-29-37(38)42-36-35-41-34-33-40-32-31-39-30-28-26-24-22-20-18-16-14-12-10-8-6-4-2/h3-36H2,1-2H3. The van der Waals surface area contributed by atoms with Crippen LogP contribution >= 0.6 is 0 Å². The maximum Gasteiger partial charge on any atom is 0.305 e. The highest BCUT2D eigenvalue weighted by Gasteiger charge is 2.03. The summed E-state index contributed by atoms with van der Waals surface area (Å²) in [4.78, 5) is 11.8. The van der Waals surface area contributed by atoms with Gasteiger partial charge in [-0.2, -0.15) is 0 Å². The first-order valence-corrected chi connectivity index (χ1v) is 18.7. The highest BCUT2D eigenvalue weighted by atomic mass is 16.6. The van der Waals surface area contributed by atoms with Gasteiger partial charge in [0.15, 0.2) is 0 Å². The topological polar surface area (TPSA) is 54.0 Å². The molecule has 5 heteroatoms. The first-order chi connectivity index (χ1) is 20.8. The number of ether oxygens (including phenoxy) is 4. The molecule has 0 saturated heterocycles. The fourth-order valence-corrected chi connectivity index (χ4v) is 5.34. The van der Waals surface area contributed by atoms with E-state index >= 15 is 0 Å². The SMILES string of the molecule is CCCCCCCCCCCCCCCOCCOCCOCCOC(=O)CCCCCCCCCCCCCCC. The van der Waals surface area contributed by atoms with Crippen LogP contribution in [0.25, 0.3) is 0 Å². The highest BCUT2D eigenvalue weighted by molar-refractivity contribution is 5.69. The molecule has 0 aliphatic heterocycles. The Morgan fingerprint density at radius 3 is 1.00 bits per heavy atom. The molecule has 0 aromatic heterocycles. The number of carbonyl (C=O) groups is 1. The summed E-state index contributed by atoms with van der Waals surface area (Å²) in [6, 6.07) is 0. The normalized spacial score (nSPS) is 11.4. The van der Waals surface area contributed by atoms with Gasteiger partial charge in [0, 0.05) is 13.0 Å². The van der Waals surface area contributed by atoms with Crippen LogP contribution in [-0.4, -0.2) is 52.2 Å². The Morgan fingerprint density at radius 2 is 0.619 bits per heavy atom. The van der Waals surface area contributed by atoms with E-state index in [0.717, 1.165) is 25.9 Å². The minimum atomic E-state index is -0.0985. The van der Waals surface area contributed by atoms with Crippen molar-refractivity contribution >= 4 is 5.97 Å². The Balaban J connectivity index is 3.13. The quantitative estimate of drug-likeness (QED) is 0.0526. The van der Waals surface area contributed by atoms with Crippen molar-refractivity contribution in [3.8, 4) is 0 Å². The van der Waals surface area contributed by atoms with Crippen molar-refractivity contribution in [3.05, 3.63) is 0 Å². The van der Waals surface area contributed by atoms with E-state index in [4.69, 9.17) is 18.9 Å². The molecule has 42 heavy (non-hydrogen) atoms. The predicted octanol–water partition coefficient (Wildman–Crippen LogP) is 11.2. The van der Waals surface area contributed by atoms with Gasteiger partial charge in [-0.05, 0) is 12.8 Å². The van der Waals surface area contributed by atoms with Gasteiger partial charge in [-0.1, -0.05) is 168 Å². The van der Waals surface area contributed by atoms with Gasteiger partial charge in [0.25, 0.3) is 0 Å². The minimum absolute atomic E-state index is 0.0985. The molecule has 5 nitrogen and oxygen atoms in total. The van der Waals surface area contributed by atoms with Gasteiger partial charge in [-0.25, -0.2) is 0 Å². The van der Waals surface area contributed by atoms with Crippen LogP contribution in [-0.2, 0) is 23.7 Å². The van der Waals surface area contributed by atoms with E-state index in [0.29, 0.717) is 46.1 Å². The molecule has 252 valence electrons. The number of rotatable bonds is 37. The molecule has 0 aromatic rings. The van der Waals surface area contributed by atoms with Crippen LogP contribution in [0.3, 0.4) is 0 Å². The summed E-state index contributed by atoms with van der Waals surface area (Å²) in [6.45, 7) is 8.49. The number of esters is 1. The molecule has 0 saturated carbocycles. The van der Waals surface area contributed by atoms with E-state index in [1.54, 1.807) is 0 Å². The van der Waals surface area contributed by atoms with Crippen LogP contribution in [0.4, 0.5) is 0 Å². The molecular weight excluding hydrogens is 524 g/mol. The van der Waals surface area contributed by atoms with Crippen LogP contribution in [0.2, 0.25) is 0 Å². The van der Waals surface area contributed by atoms with Crippen LogP contribution in [0.5, 0.6) is 0 Å². The molecule has 0 aromatic carbocycles. The summed E-state index contributed by atoms with van der Waals surface area (Å²) >= 11 is 0. The van der Waals surface area contributed by atoms with Gasteiger partial charge in [-0.15, -0.1) is 0 Å². The summed E-state index contributed by atoms with van der Waals surface area (Å²) in [5.74, 6) is -0.0985. The van der Waals surface area contributed by atoms with Crippen LogP contribution in [0.1, 0.15) is 187 Å². The molecule has 0 heterocycles. The summed E-state index contributed by atoms with van der Waals surface area (Å²) in [7, 11) is 0. The molecule has 0 amide bonds. The van der Waals surface area contributed by atoms with E-state index in [9.17, 15) is 4.79 Å². The molecule has 0 N–H and O–H groups in total. The summed E-state index contributed by atoms with van der Waals surface area (Å²) in [5, 5.41) is 0. The molecule has 0 spiro atoms. The number of unbranched alkanes of at least 4 members (excludes halogenated alkanes) is 24.